The molecule has 0 bridgehead atoms. The summed E-state index contributed by atoms with van der Waals surface area (Å²) in [5.74, 6) is 0.641. The van der Waals surface area contributed by atoms with Gasteiger partial charge in [0, 0.05) is 5.69 Å². The number of carbonyl (C=O) groups is 1. The summed E-state index contributed by atoms with van der Waals surface area (Å²) < 4.78 is 5.29. The molecule has 0 spiro atoms. The van der Waals surface area contributed by atoms with E-state index in [2.05, 4.69) is 11.4 Å². The Morgan fingerprint density at radius 3 is 2.32 bits per heavy atom. The second kappa shape index (κ2) is 4.93. The molecular weight excluding hydrogens is 240 g/mol. The Balaban J connectivity index is 2.21. The molecule has 1 saturated carbocycles. The molecule has 1 aromatic carbocycles. The molecule has 0 unspecified atom stereocenters. The summed E-state index contributed by atoms with van der Waals surface area (Å²) in [6, 6.07) is 5.89. The average Bonchev–Trinajstić information content (AvgIpc) is 2.27. The van der Waals surface area contributed by atoms with Crippen LogP contribution in [0.4, 0.5) is 5.69 Å². The van der Waals surface area contributed by atoms with Crippen molar-refractivity contribution in [2.75, 3.05) is 12.4 Å². The lowest BCUT2D eigenvalue weighted by Crippen LogP contribution is -2.40. The van der Waals surface area contributed by atoms with Gasteiger partial charge >= 0.3 is 0 Å². The van der Waals surface area contributed by atoms with Crippen LogP contribution in [0.25, 0.3) is 0 Å². The number of benzene rings is 1. The van der Waals surface area contributed by atoms with Crippen LogP contribution in [-0.2, 0) is 4.79 Å². The first kappa shape index (κ1) is 13.4. The van der Waals surface area contributed by atoms with Crippen molar-refractivity contribution in [1.82, 2.24) is 0 Å². The Labute approximate surface area is 113 Å². The minimum absolute atomic E-state index is 0.190. The van der Waals surface area contributed by atoms with E-state index < -0.39 is 5.41 Å². The van der Waals surface area contributed by atoms with Crippen molar-refractivity contribution in [3.8, 4) is 11.8 Å². The molecule has 1 aliphatic rings. The molecule has 4 nitrogen and oxygen atoms in total. The summed E-state index contributed by atoms with van der Waals surface area (Å²) in [4.78, 5) is 12.2. The monoisotopic (exact) mass is 258 g/mol. The number of nitrogens with zero attached hydrogens (tertiary/aromatic N) is 1. The molecule has 0 radical (unpaired) electrons. The summed E-state index contributed by atoms with van der Waals surface area (Å²) in [7, 11) is 1.63. The Morgan fingerprint density at radius 2 is 1.95 bits per heavy atom. The molecule has 0 aliphatic heterocycles. The van der Waals surface area contributed by atoms with E-state index in [4.69, 9.17) is 10.00 Å². The molecule has 1 aromatic rings. The smallest absolute Gasteiger partial charge is 0.244 e. The van der Waals surface area contributed by atoms with E-state index in [1.807, 2.05) is 26.0 Å². The summed E-state index contributed by atoms with van der Waals surface area (Å²) >= 11 is 0. The van der Waals surface area contributed by atoms with Gasteiger partial charge in [-0.05, 0) is 56.4 Å². The first-order chi connectivity index (χ1) is 9.02. The molecule has 0 heterocycles. The zero-order valence-electron chi connectivity index (χ0n) is 11.5. The predicted octanol–water partition coefficient (Wildman–Crippen LogP) is 2.94. The van der Waals surface area contributed by atoms with Crippen molar-refractivity contribution in [3.05, 3.63) is 23.3 Å². The average molecular weight is 258 g/mol. The second-order valence-electron chi connectivity index (χ2n) is 5.14. The lowest BCUT2D eigenvalue weighted by atomic mass is 9.69. The highest BCUT2D eigenvalue weighted by molar-refractivity contribution is 5.98. The Bertz CT molecular complexity index is 531. The van der Waals surface area contributed by atoms with Crippen LogP contribution in [0.2, 0.25) is 0 Å². The van der Waals surface area contributed by atoms with Crippen LogP contribution < -0.4 is 10.1 Å². The van der Waals surface area contributed by atoms with Crippen molar-refractivity contribution < 1.29 is 9.53 Å². The van der Waals surface area contributed by atoms with Gasteiger partial charge in [0.1, 0.15) is 11.2 Å². The Morgan fingerprint density at radius 1 is 1.37 bits per heavy atom. The summed E-state index contributed by atoms with van der Waals surface area (Å²) in [6.45, 7) is 3.87. The Hall–Kier alpha value is -2.02. The van der Waals surface area contributed by atoms with E-state index >= 15 is 0 Å². The molecule has 2 rings (SSSR count). The topological polar surface area (TPSA) is 62.1 Å². The number of hydrogen-bond donors (Lipinski definition) is 1. The van der Waals surface area contributed by atoms with E-state index in [0.29, 0.717) is 12.8 Å². The number of methoxy groups -OCH3 is 1. The lowest BCUT2D eigenvalue weighted by Gasteiger charge is -2.33. The zero-order valence-corrected chi connectivity index (χ0v) is 11.5. The van der Waals surface area contributed by atoms with E-state index in [1.165, 1.54) is 0 Å². The van der Waals surface area contributed by atoms with Crippen LogP contribution >= 0.6 is 0 Å². The van der Waals surface area contributed by atoms with Gasteiger partial charge in [0.05, 0.1) is 13.2 Å². The maximum absolute atomic E-state index is 12.2. The molecule has 0 saturated heterocycles. The number of rotatable bonds is 3. The summed E-state index contributed by atoms with van der Waals surface area (Å²) in [5, 5.41) is 12.0. The van der Waals surface area contributed by atoms with Crippen LogP contribution in [-0.4, -0.2) is 13.0 Å². The number of nitrogens with one attached hydrogen (secondary N) is 1. The van der Waals surface area contributed by atoms with Crippen molar-refractivity contribution in [3.63, 3.8) is 0 Å². The van der Waals surface area contributed by atoms with E-state index in [9.17, 15) is 4.79 Å². The molecule has 1 N–H and O–H groups in total. The fourth-order valence-electron chi connectivity index (χ4n) is 2.52. The SMILES string of the molecule is COc1c(C)cc(NC(=O)C2(C#N)CCC2)cc1C. The number of carbonyl (C=O) groups excluding carboxylic acids is 1. The van der Waals surface area contributed by atoms with Gasteiger partial charge in [-0.25, -0.2) is 0 Å². The quantitative estimate of drug-likeness (QED) is 0.906. The zero-order chi connectivity index (χ0) is 14.0. The number of ether oxygens (including phenoxy) is 1. The molecular formula is C15H18N2O2. The van der Waals surface area contributed by atoms with Crippen molar-refractivity contribution in [2.24, 2.45) is 5.41 Å². The highest BCUT2D eigenvalue weighted by Crippen LogP contribution is 2.41. The van der Waals surface area contributed by atoms with Gasteiger partial charge in [-0.1, -0.05) is 0 Å². The highest BCUT2D eigenvalue weighted by Gasteiger charge is 2.44. The van der Waals surface area contributed by atoms with E-state index in [1.54, 1.807) is 7.11 Å². The normalized spacial score (nSPS) is 16.1. The van der Waals surface area contributed by atoms with Crippen LogP contribution in [0, 0.1) is 30.6 Å². The van der Waals surface area contributed by atoms with Gasteiger partial charge in [-0.15, -0.1) is 0 Å². The van der Waals surface area contributed by atoms with Crippen molar-refractivity contribution in [1.29, 1.82) is 5.26 Å². The minimum atomic E-state index is -0.818. The first-order valence-electron chi connectivity index (χ1n) is 6.40. The Kier molecular flexibility index (Phi) is 3.48. The number of nitriles is 1. The fourth-order valence-corrected chi connectivity index (χ4v) is 2.52. The highest BCUT2D eigenvalue weighted by atomic mass is 16.5. The van der Waals surface area contributed by atoms with E-state index in [0.717, 1.165) is 29.0 Å². The molecule has 1 aliphatic carbocycles. The largest absolute Gasteiger partial charge is 0.496 e. The number of hydrogen-bond acceptors (Lipinski definition) is 3. The van der Waals surface area contributed by atoms with Crippen LogP contribution in [0.15, 0.2) is 12.1 Å². The molecule has 0 aromatic heterocycles. The van der Waals surface area contributed by atoms with Gasteiger partial charge in [0.25, 0.3) is 0 Å². The maximum atomic E-state index is 12.2. The third-order valence-electron chi connectivity index (χ3n) is 3.78. The molecule has 1 amide bonds. The summed E-state index contributed by atoms with van der Waals surface area (Å²) in [6.07, 6.45) is 2.26. The van der Waals surface area contributed by atoms with Gasteiger partial charge in [0.2, 0.25) is 5.91 Å². The van der Waals surface area contributed by atoms with Crippen LogP contribution in [0.1, 0.15) is 30.4 Å². The van der Waals surface area contributed by atoms with Gasteiger partial charge in [0.15, 0.2) is 0 Å². The van der Waals surface area contributed by atoms with E-state index in [-0.39, 0.29) is 5.91 Å². The van der Waals surface area contributed by atoms with Crippen molar-refractivity contribution in [2.45, 2.75) is 33.1 Å². The fraction of sp³-hybridized carbons (Fsp3) is 0.467. The molecule has 100 valence electrons. The standard InChI is InChI=1S/C15H18N2O2/c1-10-7-12(8-11(2)13(10)19-3)17-14(18)15(9-16)5-4-6-15/h7-8H,4-6H2,1-3H3,(H,17,18). The van der Waals surface area contributed by atoms with Gasteiger partial charge < -0.3 is 10.1 Å². The molecule has 4 heteroatoms. The van der Waals surface area contributed by atoms with Gasteiger partial charge in [-0.2, -0.15) is 5.26 Å². The second-order valence-corrected chi connectivity index (χ2v) is 5.14. The third kappa shape index (κ3) is 2.28. The summed E-state index contributed by atoms with van der Waals surface area (Å²) in [5.41, 5.74) is 1.85. The first-order valence-corrected chi connectivity index (χ1v) is 6.40. The number of aryl methyl sites for hydroxylation is 2. The maximum Gasteiger partial charge on any atom is 0.244 e. The number of anilines is 1. The molecule has 0 atom stereocenters. The van der Waals surface area contributed by atoms with Crippen LogP contribution in [0.3, 0.4) is 0 Å². The number of amides is 1. The minimum Gasteiger partial charge on any atom is -0.496 e. The van der Waals surface area contributed by atoms with Crippen LogP contribution in [0.5, 0.6) is 5.75 Å². The van der Waals surface area contributed by atoms with Gasteiger partial charge in [-0.3, -0.25) is 4.79 Å². The molecule has 1 fully saturated rings. The van der Waals surface area contributed by atoms with Crippen molar-refractivity contribution >= 4 is 11.6 Å². The third-order valence-corrected chi connectivity index (χ3v) is 3.78. The molecule has 19 heavy (non-hydrogen) atoms. The predicted molar refractivity (Wildman–Crippen MR) is 73.0 cm³/mol. The lowest BCUT2D eigenvalue weighted by molar-refractivity contribution is -0.126.